The number of aryl methyl sites for hydroxylation is 3. The molecular formula is C19H27N5O2. The largest absolute Gasteiger partial charge is 0.393 e. The molecule has 2 heterocycles. The molecule has 140 valence electrons. The van der Waals surface area contributed by atoms with Crippen LogP contribution < -0.4 is 5.32 Å². The van der Waals surface area contributed by atoms with Crippen LogP contribution in [0.2, 0.25) is 0 Å². The molecule has 2 aromatic heterocycles. The molecule has 1 unspecified atom stereocenters. The third-order valence-corrected chi connectivity index (χ3v) is 5.75. The highest BCUT2D eigenvalue weighted by atomic mass is 16.3. The molecule has 1 fully saturated rings. The van der Waals surface area contributed by atoms with Crippen LogP contribution in [0.3, 0.4) is 0 Å². The van der Waals surface area contributed by atoms with Gasteiger partial charge in [0, 0.05) is 37.3 Å². The predicted octanol–water partition coefficient (Wildman–Crippen LogP) is 1.58. The number of amides is 1. The Labute approximate surface area is 153 Å². The van der Waals surface area contributed by atoms with E-state index in [0.29, 0.717) is 12.8 Å². The van der Waals surface area contributed by atoms with Crippen molar-refractivity contribution in [2.24, 2.45) is 13.0 Å². The number of fused-ring (bicyclic) bond motifs is 1. The van der Waals surface area contributed by atoms with E-state index in [9.17, 15) is 9.90 Å². The van der Waals surface area contributed by atoms with Crippen molar-refractivity contribution in [1.29, 1.82) is 0 Å². The Morgan fingerprint density at radius 2 is 2.23 bits per heavy atom. The molecule has 1 saturated carbocycles. The van der Waals surface area contributed by atoms with Gasteiger partial charge in [0.1, 0.15) is 0 Å². The lowest BCUT2D eigenvalue weighted by Gasteiger charge is -2.37. The molecule has 1 amide bonds. The summed E-state index contributed by atoms with van der Waals surface area (Å²) in [6, 6.07) is -0.0762. The zero-order valence-electron chi connectivity index (χ0n) is 15.2. The van der Waals surface area contributed by atoms with Gasteiger partial charge in [-0.25, -0.2) is 0 Å². The van der Waals surface area contributed by atoms with Gasteiger partial charge in [-0.05, 0) is 50.0 Å². The summed E-state index contributed by atoms with van der Waals surface area (Å²) in [6.07, 6.45) is 10.6. The van der Waals surface area contributed by atoms with Gasteiger partial charge < -0.3 is 10.4 Å². The fourth-order valence-corrected chi connectivity index (χ4v) is 4.21. The zero-order chi connectivity index (χ0) is 18.1. The van der Waals surface area contributed by atoms with Gasteiger partial charge in [-0.2, -0.15) is 10.2 Å². The van der Waals surface area contributed by atoms with E-state index in [1.165, 1.54) is 24.1 Å². The number of rotatable bonds is 6. The Morgan fingerprint density at radius 1 is 1.42 bits per heavy atom. The average Bonchev–Trinajstić information content (AvgIpc) is 3.22. The van der Waals surface area contributed by atoms with Gasteiger partial charge in [0.15, 0.2) is 0 Å². The minimum Gasteiger partial charge on any atom is -0.393 e. The lowest BCUT2D eigenvalue weighted by Crippen LogP contribution is -2.41. The zero-order valence-corrected chi connectivity index (χ0v) is 15.2. The van der Waals surface area contributed by atoms with Gasteiger partial charge in [-0.3, -0.25) is 14.6 Å². The van der Waals surface area contributed by atoms with Crippen LogP contribution in [0.5, 0.6) is 0 Å². The Morgan fingerprint density at radius 3 is 2.96 bits per heavy atom. The molecule has 4 rings (SSSR count). The van der Waals surface area contributed by atoms with E-state index >= 15 is 0 Å². The number of aromatic amines is 1. The molecule has 0 aliphatic heterocycles. The molecule has 0 bridgehead atoms. The molecule has 1 atom stereocenters. The number of hydrogen-bond donors (Lipinski definition) is 3. The molecular weight excluding hydrogens is 330 g/mol. The van der Waals surface area contributed by atoms with Crippen molar-refractivity contribution in [3.8, 4) is 0 Å². The van der Waals surface area contributed by atoms with Crippen molar-refractivity contribution in [2.75, 3.05) is 0 Å². The van der Waals surface area contributed by atoms with Gasteiger partial charge in [-0.1, -0.05) is 0 Å². The first-order valence-corrected chi connectivity index (χ1v) is 9.61. The Bertz CT molecular complexity index is 775. The van der Waals surface area contributed by atoms with Gasteiger partial charge in [0.2, 0.25) is 5.91 Å². The number of aliphatic hydroxyl groups excluding tert-OH is 1. The van der Waals surface area contributed by atoms with Crippen molar-refractivity contribution >= 4 is 5.91 Å². The molecule has 0 spiro atoms. The Balaban J connectivity index is 1.38. The Hall–Kier alpha value is -2.15. The number of aliphatic hydroxyl groups is 1. The van der Waals surface area contributed by atoms with E-state index < -0.39 is 0 Å². The highest BCUT2D eigenvalue weighted by Crippen LogP contribution is 2.38. The van der Waals surface area contributed by atoms with E-state index in [2.05, 4.69) is 20.6 Å². The normalized spacial score (nSPS) is 23.2. The second-order valence-electron chi connectivity index (χ2n) is 7.71. The smallest absolute Gasteiger partial charge is 0.220 e. The first kappa shape index (κ1) is 17.3. The highest BCUT2D eigenvalue weighted by molar-refractivity contribution is 5.76. The quantitative estimate of drug-likeness (QED) is 0.731. The standard InChI is InChI=1S/C19H27N5O2/c1-24-11-13(10-20-24)19(12-8-14(25)9-12)21-18(26)7-6-17-15-4-2-3-5-16(15)22-23-17/h10-12,14,19,25H,2-9H2,1H3,(H,21,26)(H,22,23). The third kappa shape index (κ3) is 3.53. The van der Waals surface area contributed by atoms with Crippen LogP contribution in [0.25, 0.3) is 0 Å². The number of carbonyl (C=O) groups excluding carboxylic acids is 1. The van der Waals surface area contributed by atoms with Crippen LogP contribution >= 0.6 is 0 Å². The topological polar surface area (TPSA) is 95.8 Å². The Kier molecular flexibility index (Phi) is 4.80. The third-order valence-electron chi connectivity index (χ3n) is 5.75. The van der Waals surface area contributed by atoms with Crippen LogP contribution in [0.1, 0.15) is 60.7 Å². The second kappa shape index (κ2) is 7.23. The van der Waals surface area contributed by atoms with Gasteiger partial charge >= 0.3 is 0 Å². The minimum absolute atomic E-state index is 0.0350. The molecule has 7 nitrogen and oxygen atoms in total. The maximum absolute atomic E-state index is 12.6. The highest BCUT2D eigenvalue weighted by Gasteiger charge is 2.36. The molecule has 7 heteroatoms. The fraction of sp³-hybridized carbons (Fsp3) is 0.632. The van der Waals surface area contributed by atoms with E-state index in [4.69, 9.17) is 0 Å². The molecule has 2 aliphatic rings. The number of nitrogens with zero attached hydrogens (tertiary/aromatic N) is 3. The molecule has 2 aliphatic carbocycles. The van der Waals surface area contributed by atoms with Crippen molar-refractivity contribution in [3.05, 3.63) is 34.9 Å². The fourth-order valence-electron chi connectivity index (χ4n) is 4.21. The van der Waals surface area contributed by atoms with Gasteiger partial charge in [0.05, 0.1) is 24.0 Å². The summed E-state index contributed by atoms with van der Waals surface area (Å²) in [5.74, 6) is 0.309. The van der Waals surface area contributed by atoms with Crippen LogP contribution in [0.15, 0.2) is 12.4 Å². The summed E-state index contributed by atoms with van der Waals surface area (Å²) in [4.78, 5) is 12.6. The summed E-state index contributed by atoms with van der Waals surface area (Å²) in [7, 11) is 1.87. The maximum Gasteiger partial charge on any atom is 0.220 e. The summed E-state index contributed by atoms with van der Waals surface area (Å²) in [5.41, 5.74) is 4.64. The first-order chi connectivity index (χ1) is 12.6. The second-order valence-corrected chi connectivity index (χ2v) is 7.71. The van der Waals surface area contributed by atoms with E-state index in [1.54, 1.807) is 10.9 Å². The van der Waals surface area contributed by atoms with Crippen LogP contribution in [0.4, 0.5) is 0 Å². The van der Waals surface area contributed by atoms with Crippen molar-refractivity contribution in [2.45, 2.75) is 63.5 Å². The molecule has 2 aromatic rings. The number of hydrogen-bond acceptors (Lipinski definition) is 4. The number of carbonyl (C=O) groups is 1. The maximum atomic E-state index is 12.6. The van der Waals surface area contributed by atoms with Crippen LogP contribution in [-0.4, -0.2) is 37.1 Å². The monoisotopic (exact) mass is 357 g/mol. The lowest BCUT2D eigenvalue weighted by molar-refractivity contribution is -0.123. The molecule has 26 heavy (non-hydrogen) atoms. The van der Waals surface area contributed by atoms with Crippen LogP contribution in [-0.2, 0) is 31.1 Å². The van der Waals surface area contributed by atoms with Crippen molar-refractivity contribution in [3.63, 3.8) is 0 Å². The molecule has 0 radical (unpaired) electrons. The van der Waals surface area contributed by atoms with E-state index in [0.717, 1.165) is 36.9 Å². The number of aromatic nitrogens is 4. The summed E-state index contributed by atoms with van der Waals surface area (Å²) in [6.45, 7) is 0. The summed E-state index contributed by atoms with van der Waals surface area (Å²) < 4.78 is 1.75. The molecule has 0 aromatic carbocycles. The lowest BCUT2D eigenvalue weighted by atomic mass is 9.75. The molecule has 3 N–H and O–H groups in total. The van der Waals surface area contributed by atoms with Gasteiger partial charge in [0.25, 0.3) is 0 Å². The van der Waals surface area contributed by atoms with Crippen LogP contribution in [0, 0.1) is 5.92 Å². The minimum atomic E-state index is -0.244. The average molecular weight is 357 g/mol. The summed E-state index contributed by atoms with van der Waals surface area (Å²) >= 11 is 0. The number of H-pyrrole nitrogens is 1. The summed E-state index contributed by atoms with van der Waals surface area (Å²) in [5, 5.41) is 24.6. The number of nitrogens with one attached hydrogen (secondary N) is 2. The predicted molar refractivity (Wildman–Crippen MR) is 96.4 cm³/mol. The van der Waals surface area contributed by atoms with Crippen molar-refractivity contribution < 1.29 is 9.90 Å². The van der Waals surface area contributed by atoms with Gasteiger partial charge in [-0.15, -0.1) is 0 Å². The SMILES string of the molecule is Cn1cc(C(NC(=O)CCc2n[nH]c3c2CCCC3)C2CC(O)C2)cn1. The van der Waals surface area contributed by atoms with E-state index in [1.807, 2.05) is 13.2 Å². The first-order valence-electron chi connectivity index (χ1n) is 9.61. The van der Waals surface area contributed by atoms with E-state index in [-0.39, 0.29) is 24.0 Å². The molecule has 0 saturated heterocycles. The van der Waals surface area contributed by atoms with Crippen molar-refractivity contribution in [1.82, 2.24) is 25.3 Å².